The van der Waals surface area contributed by atoms with E-state index in [1.54, 1.807) is 34.6 Å². The highest BCUT2D eigenvalue weighted by Gasteiger charge is 2.23. The number of carbonyl (C=O) groups is 1. The Morgan fingerprint density at radius 3 is 2.58 bits per heavy atom. The van der Waals surface area contributed by atoms with E-state index in [9.17, 15) is 4.79 Å². The van der Waals surface area contributed by atoms with Gasteiger partial charge in [-0.1, -0.05) is 0 Å². The number of pyridine rings is 1. The van der Waals surface area contributed by atoms with Gasteiger partial charge in [0.05, 0.1) is 5.56 Å². The normalized spacial score (nSPS) is 14.8. The lowest BCUT2D eigenvalue weighted by Crippen LogP contribution is -2.48. The molecule has 1 amide bonds. The fourth-order valence-electron chi connectivity index (χ4n) is 2.72. The van der Waals surface area contributed by atoms with Gasteiger partial charge in [-0.25, -0.2) is 15.0 Å². The van der Waals surface area contributed by atoms with Crippen LogP contribution in [-0.2, 0) is 0 Å². The van der Waals surface area contributed by atoms with Crippen LogP contribution in [0.1, 0.15) is 10.4 Å². The molecule has 1 aliphatic heterocycles. The van der Waals surface area contributed by atoms with E-state index in [-0.39, 0.29) is 5.91 Å². The summed E-state index contributed by atoms with van der Waals surface area (Å²) in [4.78, 5) is 29.4. The van der Waals surface area contributed by atoms with E-state index in [4.69, 9.17) is 0 Å². The number of thiazole rings is 1. The van der Waals surface area contributed by atoms with Crippen molar-refractivity contribution in [1.29, 1.82) is 0 Å². The molecular weight excluding hydrogens is 324 g/mol. The van der Waals surface area contributed by atoms with Crippen LogP contribution in [0.5, 0.6) is 0 Å². The zero-order valence-corrected chi connectivity index (χ0v) is 13.8. The van der Waals surface area contributed by atoms with Gasteiger partial charge in [-0.15, -0.1) is 11.3 Å². The molecule has 122 valence electrons. The van der Waals surface area contributed by atoms with Gasteiger partial charge >= 0.3 is 0 Å². The number of nitrogens with zero attached hydrogens (tertiary/aromatic N) is 6. The van der Waals surface area contributed by atoms with Gasteiger partial charge in [0.15, 0.2) is 5.13 Å². The van der Waals surface area contributed by atoms with Gasteiger partial charge in [-0.05, 0) is 12.1 Å². The number of anilines is 1. The Morgan fingerprint density at radius 2 is 1.96 bits per heavy atom. The second kappa shape index (κ2) is 6.40. The second-order valence-electron chi connectivity index (χ2n) is 5.47. The highest BCUT2D eigenvalue weighted by atomic mass is 32.1. The zero-order valence-electron chi connectivity index (χ0n) is 12.9. The Hall–Kier alpha value is -2.74. The minimum atomic E-state index is 0.0264. The van der Waals surface area contributed by atoms with Crippen molar-refractivity contribution in [3.05, 3.63) is 54.2 Å². The lowest BCUT2D eigenvalue weighted by atomic mass is 10.2. The lowest BCUT2D eigenvalue weighted by molar-refractivity contribution is 0.0746. The van der Waals surface area contributed by atoms with Gasteiger partial charge in [-0.2, -0.15) is 0 Å². The molecule has 3 aromatic heterocycles. The van der Waals surface area contributed by atoms with Crippen LogP contribution >= 0.6 is 11.3 Å². The summed E-state index contributed by atoms with van der Waals surface area (Å²) in [5.74, 6) is 0.774. The summed E-state index contributed by atoms with van der Waals surface area (Å²) in [6.45, 7) is 3.00. The molecule has 0 bridgehead atoms. The van der Waals surface area contributed by atoms with Gasteiger partial charge in [0.25, 0.3) is 5.91 Å². The average Bonchev–Trinajstić information content (AvgIpc) is 3.35. The van der Waals surface area contributed by atoms with Crippen molar-refractivity contribution in [3.63, 3.8) is 0 Å². The van der Waals surface area contributed by atoms with Crippen LogP contribution < -0.4 is 4.90 Å². The summed E-state index contributed by atoms with van der Waals surface area (Å²) in [7, 11) is 0. The van der Waals surface area contributed by atoms with Gasteiger partial charge in [0.2, 0.25) is 0 Å². The predicted octanol–water partition coefficient (Wildman–Crippen LogP) is 1.69. The predicted molar refractivity (Wildman–Crippen MR) is 91.6 cm³/mol. The van der Waals surface area contributed by atoms with Crippen molar-refractivity contribution in [3.8, 4) is 5.82 Å². The molecule has 0 aliphatic carbocycles. The topological polar surface area (TPSA) is 67.2 Å². The standard InChI is InChI=1S/C16H16N6OS/c23-15(13-1-2-14(19-11-13)22-5-3-17-12-22)20-6-8-21(9-7-20)16-18-4-10-24-16/h1-5,10-12H,6-9H2. The molecule has 0 atom stereocenters. The Kier molecular flexibility index (Phi) is 3.96. The van der Waals surface area contributed by atoms with E-state index >= 15 is 0 Å². The quantitative estimate of drug-likeness (QED) is 0.726. The van der Waals surface area contributed by atoms with Crippen LogP contribution in [0.2, 0.25) is 0 Å². The largest absolute Gasteiger partial charge is 0.345 e. The van der Waals surface area contributed by atoms with Gasteiger partial charge in [-0.3, -0.25) is 9.36 Å². The van der Waals surface area contributed by atoms with Crippen molar-refractivity contribution in [2.24, 2.45) is 0 Å². The molecule has 24 heavy (non-hydrogen) atoms. The fraction of sp³-hybridized carbons (Fsp3) is 0.250. The maximum absolute atomic E-state index is 12.6. The minimum absolute atomic E-state index is 0.0264. The number of amides is 1. The first-order valence-electron chi connectivity index (χ1n) is 7.69. The van der Waals surface area contributed by atoms with Crippen molar-refractivity contribution in [2.45, 2.75) is 0 Å². The molecule has 1 fully saturated rings. The molecule has 4 rings (SSSR count). The van der Waals surface area contributed by atoms with Gasteiger partial charge in [0.1, 0.15) is 12.1 Å². The molecule has 4 heterocycles. The Labute approximate surface area is 143 Å². The van der Waals surface area contributed by atoms with Crippen molar-refractivity contribution in [2.75, 3.05) is 31.1 Å². The number of imidazole rings is 1. The molecule has 3 aromatic rings. The number of aromatic nitrogens is 4. The minimum Gasteiger partial charge on any atom is -0.345 e. The van der Waals surface area contributed by atoms with Crippen LogP contribution in [0.3, 0.4) is 0 Å². The summed E-state index contributed by atoms with van der Waals surface area (Å²) in [5.41, 5.74) is 0.613. The van der Waals surface area contributed by atoms with Gasteiger partial charge < -0.3 is 9.80 Å². The summed E-state index contributed by atoms with van der Waals surface area (Å²) >= 11 is 1.63. The Bertz CT molecular complexity index is 792. The lowest BCUT2D eigenvalue weighted by Gasteiger charge is -2.34. The first kappa shape index (κ1) is 14.8. The average molecular weight is 340 g/mol. The maximum atomic E-state index is 12.6. The first-order chi connectivity index (χ1) is 11.8. The number of hydrogen-bond acceptors (Lipinski definition) is 6. The molecule has 1 saturated heterocycles. The third-order valence-electron chi connectivity index (χ3n) is 4.02. The molecule has 0 N–H and O–H groups in total. The van der Waals surface area contributed by atoms with Crippen molar-refractivity contribution < 1.29 is 4.79 Å². The van der Waals surface area contributed by atoms with Crippen LogP contribution in [0.15, 0.2) is 48.6 Å². The van der Waals surface area contributed by atoms with E-state index < -0.39 is 0 Å². The molecule has 0 radical (unpaired) electrons. The monoisotopic (exact) mass is 340 g/mol. The summed E-state index contributed by atoms with van der Waals surface area (Å²) < 4.78 is 1.81. The third kappa shape index (κ3) is 2.88. The Morgan fingerprint density at radius 1 is 1.08 bits per heavy atom. The van der Waals surface area contributed by atoms with E-state index in [0.29, 0.717) is 18.7 Å². The summed E-state index contributed by atoms with van der Waals surface area (Å²) in [6, 6.07) is 3.65. The summed E-state index contributed by atoms with van der Waals surface area (Å²) in [5, 5.41) is 2.99. The van der Waals surface area contributed by atoms with Crippen LogP contribution in [0.25, 0.3) is 5.82 Å². The van der Waals surface area contributed by atoms with E-state index in [1.165, 1.54) is 0 Å². The second-order valence-corrected chi connectivity index (χ2v) is 6.34. The molecule has 0 unspecified atom stereocenters. The highest BCUT2D eigenvalue weighted by molar-refractivity contribution is 7.13. The molecule has 0 spiro atoms. The fourth-order valence-corrected chi connectivity index (χ4v) is 3.41. The molecule has 7 nitrogen and oxygen atoms in total. The number of carbonyl (C=O) groups excluding carboxylic acids is 1. The Balaban J connectivity index is 1.41. The number of rotatable bonds is 3. The number of piperazine rings is 1. The molecule has 0 aromatic carbocycles. The van der Waals surface area contributed by atoms with Crippen LogP contribution in [0.4, 0.5) is 5.13 Å². The summed E-state index contributed by atoms with van der Waals surface area (Å²) in [6.07, 6.45) is 8.64. The van der Waals surface area contributed by atoms with Crippen molar-refractivity contribution >= 4 is 22.4 Å². The first-order valence-corrected chi connectivity index (χ1v) is 8.57. The number of hydrogen-bond donors (Lipinski definition) is 0. The molecule has 1 aliphatic rings. The molecule has 8 heteroatoms. The highest BCUT2D eigenvalue weighted by Crippen LogP contribution is 2.19. The molecule has 0 saturated carbocycles. The van der Waals surface area contributed by atoms with Crippen LogP contribution in [-0.4, -0.2) is 56.5 Å². The van der Waals surface area contributed by atoms with Gasteiger partial charge in [0, 0.05) is 56.3 Å². The maximum Gasteiger partial charge on any atom is 0.255 e. The van der Waals surface area contributed by atoms with E-state index in [1.807, 2.05) is 34.8 Å². The van der Waals surface area contributed by atoms with Crippen LogP contribution in [0, 0.1) is 0 Å². The smallest absolute Gasteiger partial charge is 0.255 e. The molecular formula is C16H16N6OS. The third-order valence-corrected chi connectivity index (χ3v) is 4.85. The van der Waals surface area contributed by atoms with E-state index in [2.05, 4.69) is 19.9 Å². The zero-order chi connectivity index (χ0) is 16.4. The SMILES string of the molecule is O=C(c1ccc(-n2ccnc2)nc1)N1CCN(c2nccs2)CC1. The van der Waals surface area contributed by atoms with Crippen molar-refractivity contribution in [1.82, 2.24) is 24.4 Å². The van der Waals surface area contributed by atoms with E-state index in [0.717, 1.165) is 24.0 Å².